The molecular weight excluding hydrogens is 812 g/mol. The van der Waals surface area contributed by atoms with Crippen LogP contribution in [0.15, 0.2) is 61.0 Å². The third kappa shape index (κ3) is 7.35. The third-order valence-corrected chi connectivity index (χ3v) is 9.53. The van der Waals surface area contributed by atoms with Gasteiger partial charge in [-0.1, -0.05) is 43.5 Å². The highest BCUT2D eigenvalue weighted by atomic mass is 79.9. The number of nitrogens with one attached hydrogen (secondary N) is 3. The fourth-order valence-electron chi connectivity index (χ4n) is 5.94. The van der Waals surface area contributed by atoms with E-state index >= 15 is 0 Å². The molecule has 2 aliphatic rings. The van der Waals surface area contributed by atoms with Crippen LogP contribution in [-0.2, 0) is 35.5 Å². The zero-order chi connectivity index (χ0) is 35.7. The summed E-state index contributed by atoms with van der Waals surface area (Å²) in [6, 6.07) is 9.67. The van der Waals surface area contributed by atoms with Gasteiger partial charge in [0.15, 0.2) is 0 Å². The van der Waals surface area contributed by atoms with Gasteiger partial charge in [-0.25, -0.2) is 19.1 Å². The van der Waals surface area contributed by atoms with Gasteiger partial charge in [0.2, 0.25) is 0 Å². The van der Waals surface area contributed by atoms with Crippen LogP contribution in [-0.4, -0.2) is 45.4 Å². The smallest absolute Gasteiger partial charge is 0.342 e. The number of carbonyl (C=O) groups excluding carboxylic acids is 2. The number of hydroxylamine groups is 1. The number of carbonyl (C=O) groups is 2. The lowest BCUT2D eigenvalue weighted by molar-refractivity contribution is -0.0367. The molecule has 0 saturated carbocycles. The van der Waals surface area contributed by atoms with Crippen molar-refractivity contribution in [2.45, 2.75) is 44.9 Å². The molecule has 1 amide bonds. The topological polar surface area (TPSA) is 153 Å². The molecule has 0 spiro atoms. The van der Waals surface area contributed by atoms with Crippen molar-refractivity contribution >= 4 is 78.1 Å². The molecule has 0 radical (unpaired) electrons. The second kappa shape index (κ2) is 15.0. The number of halogens is 5. The quantitative estimate of drug-likeness (QED) is 0.110. The predicted molar refractivity (Wildman–Crippen MR) is 188 cm³/mol. The van der Waals surface area contributed by atoms with Crippen molar-refractivity contribution in [2.75, 3.05) is 23.8 Å². The van der Waals surface area contributed by atoms with Crippen LogP contribution in [0, 0.1) is 11.6 Å². The summed E-state index contributed by atoms with van der Waals surface area (Å²) >= 11 is 12.8. The molecule has 0 fully saturated rings. The Morgan fingerprint density at radius 2 is 1.46 bits per heavy atom. The van der Waals surface area contributed by atoms with Crippen molar-refractivity contribution in [2.24, 2.45) is 0 Å². The Kier molecular flexibility index (Phi) is 10.7. The van der Waals surface area contributed by atoms with E-state index in [1.807, 2.05) is 0 Å². The van der Waals surface area contributed by atoms with Crippen molar-refractivity contribution in [3.05, 3.63) is 111 Å². The molecule has 4 N–H and O–H groups in total. The van der Waals surface area contributed by atoms with Crippen molar-refractivity contribution < 1.29 is 33.1 Å². The fraction of sp³-hybridized carbons (Fsp3) is 0.273. The number of anilines is 4. The first kappa shape index (κ1) is 35.7. The lowest BCUT2D eigenvalue weighted by atomic mass is 10.1. The number of aliphatic hydroxyl groups excluding tert-OH is 1. The van der Waals surface area contributed by atoms with Crippen LogP contribution in [0.2, 0.25) is 5.02 Å². The summed E-state index contributed by atoms with van der Waals surface area (Å²) in [7, 11) is 0. The first-order valence-electron chi connectivity index (χ1n) is 15.4. The highest BCUT2D eigenvalue weighted by Gasteiger charge is 2.30. The zero-order valence-corrected chi connectivity index (χ0v) is 29.9. The second-order valence-electron chi connectivity index (χ2n) is 11.5. The number of fused-ring (bicyclic) bond motifs is 2. The number of nitrogens with zero attached hydrogens (tertiary/aromatic N) is 2. The maximum absolute atomic E-state index is 14.7. The maximum atomic E-state index is 14.7. The molecule has 262 valence electrons. The van der Waals surface area contributed by atoms with Gasteiger partial charge in [0.25, 0.3) is 17.0 Å². The standard InChI is InChI=1S/C33H28Br2ClF2N5O7/c34-16-5-7-21(19(37)11-16)39-23-13-26(45)42-9-1-3-24(42)27(23)31(46)41-50-15-18(44)14-49-33(48)28-25-4-2-10-43(25)32(47)29(36)30(28)40-22-8-6-17(35)12-20(22)38/h5-8,11-13,18,39-40,44H,1-4,9-10,14-15H2,(H,41,46). The number of ether oxygens (including phenoxy) is 1. The molecule has 0 saturated heterocycles. The number of aromatic nitrogens is 2. The molecule has 4 aromatic rings. The molecule has 17 heteroatoms. The number of esters is 1. The van der Waals surface area contributed by atoms with E-state index in [1.54, 1.807) is 12.1 Å². The number of hydrogen-bond donors (Lipinski definition) is 4. The summed E-state index contributed by atoms with van der Waals surface area (Å²) in [5, 5.41) is 15.8. The number of hydrogen-bond acceptors (Lipinski definition) is 9. The predicted octanol–water partition coefficient (Wildman–Crippen LogP) is 5.73. The van der Waals surface area contributed by atoms with Gasteiger partial charge >= 0.3 is 5.97 Å². The Balaban J connectivity index is 1.14. The van der Waals surface area contributed by atoms with Gasteiger partial charge in [0.1, 0.15) is 41.5 Å². The van der Waals surface area contributed by atoms with Gasteiger partial charge in [0, 0.05) is 39.5 Å². The number of rotatable bonds is 11. The van der Waals surface area contributed by atoms with E-state index in [1.165, 1.54) is 39.5 Å². The van der Waals surface area contributed by atoms with Crippen molar-refractivity contribution in [3.63, 3.8) is 0 Å². The molecule has 0 aliphatic carbocycles. The molecule has 6 rings (SSSR count). The molecule has 1 unspecified atom stereocenters. The fourth-order valence-corrected chi connectivity index (χ4v) is 6.85. The third-order valence-electron chi connectivity index (χ3n) is 8.19. The summed E-state index contributed by atoms with van der Waals surface area (Å²) in [5.41, 5.74) is 2.06. The summed E-state index contributed by atoms with van der Waals surface area (Å²) in [6.07, 6.45) is 0.531. The van der Waals surface area contributed by atoms with Crippen LogP contribution in [0.5, 0.6) is 0 Å². The molecule has 4 heterocycles. The summed E-state index contributed by atoms with van der Waals surface area (Å²) in [4.78, 5) is 57.7. The summed E-state index contributed by atoms with van der Waals surface area (Å²) in [6.45, 7) is -0.360. The maximum Gasteiger partial charge on any atom is 0.342 e. The lowest BCUT2D eigenvalue weighted by Gasteiger charge is -2.19. The Morgan fingerprint density at radius 3 is 2.10 bits per heavy atom. The lowest BCUT2D eigenvalue weighted by Crippen LogP contribution is -2.33. The van der Waals surface area contributed by atoms with Crippen molar-refractivity contribution in [1.82, 2.24) is 14.6 Å². The van der Waals surface area contributed by atoms with Crippen molar-refractivity contribution in [1.29, 1.82) is 0 Å². The minimum atomic E-state index is -1.42. The summed E-state index contributed by atoms with van der Waals surface area (Å²) < 4.78 is 38.5. The molecule has 12 nitrogen and oxygen atoms in total. The average molecular weight is 840 g/mol. The van der Waals surface area contributed by atoms with Crippen molar-refractivity contribution in [3.8, 4) is 0 Å². The first-order valence-corrected chi connectivity index (χ1v) is 17.3. The Bertz CT molecular complexity index is 2150. The minimum absolute atomic E-state index is 0.0371. The number of benzene rings is 2. The van der Waals surface area contributed by atoms with E-state index in [2.05, 4.69) is 48.0 Å². The van der Waals surface area contributed by atoms with Gasteiger partial charge in [-0.3, -0.25) is 19.2 Å². The van der Waals surface area contributed by atoms with Gasteiger partial charge in [0.05, 0.1) is 28.3 Å². The Hall–Kier alpha value is -4.09. The van der Waals surface area contributed by atoms with E-state index in [9.17, 15) is 33.1 Å². The second-order valence-corrected chi connectivity index (χ2v) is 13.7. The van der Waals surface area contributed by atoms with Crippen LogP contribution in [0.4, 0.5) is 31.5 Å². The average Bonchev–Trinajstić information content (AvgIpc) is 3.76. The van der Waals surface area contributed by atoms with E-state index in [4.69, 9.17) is 21.2 Å². The van der Waals surface area contributed by atoms with Gasteiger partial charge in [-0.05, 0) is 62.1 Å². The van der Waals surface area contributed by atoms with Crippen LogP contribution in [0.3, 0.4) is 0 Å². The highest BCUT2D eigenvalue weighted by molar-refractivity contribution is 9.10. The van der Waals surface area contributed by atoms with E-state index in [0.29, 0.717) is 59.1 Å². The highest BCUT2D eigenvalue weighted by Crippen LogP contribution is 2.34. The number of amides is 1. The molecule has 2 aromatic carbocycles. The normalized spacial score (nSPS) is 13.8. The van der Waals surface area contributed by atoms with E-state index in [0.717, 1.165) is 0 Å². The molecule has 2 aliphatic heterocycles. The van der Waals surface area contributed by atoms with Gasteiger partial charge in [-0.2, -0.15) is 0 Å². The number of aliphatic hydroxyl groups is 1. The van der Waals surface area contributed by atoms with Crippen LogP contribution < -0.4 is 27.2 Å². The molecule has 1 atom stereocenters. The first-order chi connectivity index (χ1) is 23.9. The molecular formula is C33H28Br2ClF2N5O7. The SMILES string of the molecule is O=C(NOCC(O)COC(=O)c1c(Nc2ccc(Br)cc2F)c(Cl)c(=O)n2c1CCC2)c1c(Nc2ccc(Br)cc2F)cc(=O)n2c1CCC2. The monoisotopic (exact) mass is 837 g/mol. The van der Waals surface area contributed by atoms with Crippen LogP contribution in [0.25, 0.3) is 0 Å². The van der Waals surface area contributed by atoms with Gasteiger partial charge < -0.3 is 29.6 Å². The van der Waals surface area contributed by atoms with E-state index in [-0.39, 0.29) is 44.5 Å². The Morgan fingerprint density at radius 1 is 0.860 bits per heavy atom. The van der Waals surface area contributed by atoms with Gasteiger partial charge in [-0.15, -0.1) is 0 Å². The van der Waals surface area contributed by atoms with Crippen LogP contribution >= 0.6 is 43.5 Å². The molecule has 2 aromatic heterocycles. The number of pyridine rings is 2. The molecule has 0 bridgehead atoms. The molecule has 50 heavy (non-hydrogen) atoms. The van der Waals surface area contributed by atoms with E-state index < -0.39 is 48.4 Å². The summed E-state index contributed by atoms with van der Waals surface area (Å²) in [5.74, 6) is -2.96. The van der Waals surface area contributed by atoms with Crippen LogP contribution in [0.1, 0.15) is 44.9 Å². The minimum Gasteiger partial charge on any atom is -0.459 e. The zero-order valence-electron chi connectivity index (χ0n) is 26.0. The Labute approximate surface area is 304 Å². The largest absolute Gasteiger partial charge is 0.459 e.